The standard InChI is InChI=1S/C18H18N6O3S2/c1-9-15(10-4-5-12(26-2)13(6-10)27-3)16-20-11(7-14(25)24(16)23-9)8-28-18-22-21-17(19)29-18/h4-7,23H,8H2,1-3H3,(H2,19,21). The van der Waals surface area contributed by atoms with E-state index in [9.17, 15) is 4.79 Å². The number of hydrogen-bond acceptors (Lipinski definition) is 9. The summed E-state index contributed by atoms with van der Waals surface area (Å²) in [5.41, 5.74) is 9.15. The third-order valence-corrected chi connectivity index (χ3v) is 6.21. The van der Waals surface area contributed by atoms with Gasteiger partial charge in [-0.15, -0.1) is 10.2 Å². The number of aromatic amines is 1. The number of H-pyrrole nitrogens is 1. The van der Waals surface area contributed by atoms with Gasteiger partial charge in [0.05, 0.1) is 19.9 Å². The minimum absolute atomic E-state index is 0.183. The Hall–Kier alpha value is -3.05. The van der Waals surface area contributed by atoms with Gasteiger partial charge in [-0.05, 0) is 24.6 Å². The summed E-state index contributed by atoms with van der Waals surface area (Å²) in [6.45, 7) is 1.90. The first-order valence-electron chi connectivity index (χ1n) is 8.55. The fourth-order valence-electron chi connectivity index (χ4n) is 3.02. The van der Waals surface area contributed by atoms with Crippen LogP contribution in [0.15, 0.2) is 33.4 Å². The molecule has 0 spiro atoms. The average molecular weight is 431 g/mol. The molecule has 0 amide bonds. The first-order chi connectivity index (χ1) is 14.0. The minimum atomic E-state index is -0.183. The molecule has 4 aromatic rings. The maximum atomic E-state index is 12.6. The van der Waals surface area contributed by atoms with Gasteiger partial charge in [-0.1, -0.05) is 29.2 Å². The number of nitrogen functional groups attached to an aromatic ring is 1. The number of anilines is 1. The van der Waals surface area contributed by atoms with Crippen LogP contribution in [0.5, 0.6) is 11.5 Å². The van der Waals surface area contributed by atoms with Crippen LogP contribution in [-0.4, -0.2) is 39.0 Å². The fraction of sp³-hybridized carbons (Fsp3) is 0.222. The molecular formula is C18H18N6O3S2. The lowest BCUT2D eigenvalue weighted by Gasteiger charge is -2.09. The zero-order valence-corrected chi connectivity index (χ0v) is 17.6. The van der Waals surface area contributed by atoms with Crippen LogP contribution in [0.4, 0.5) is 5.13 Å². The van der Waals surface area contributed by atoms with Crippen molar-refractivity contribution in [3.05, 3.63) is 46.0 Å². The summed E-state index contributed by atoms with van der Waals surface area (Å²) in [7, 11) is 3.17. The van der Waals surface area contributed by atoms with E-state index in [1.54, 1.807) is 14.2 Å². The summed E-state index contributed by atoms with van der Waals surface area (Å²) in [5.74, 6) is 1.72. The zero-order chi connectivity index (χ0) is 20.5. The van der Waals surface area contributed by atoms with Crippen LogP contribution in [-0.2, 0) is 5.75 Å². The summed E-state index contributed by atoms with van der Waals surface area (Å²) in [5, 5.41) is 11.3. The largest absolute Gasteiger partial charge is 0.493 e. The Bertz CT molecular complexity index is 1250. The number of ether oxygens (including phenoxy) is 2. The molecule has 0 fully saturated rings. The Labute approximate surface area is 173 Å². The monoisotopic (exact) mass is 430 g/mol. The molecule has 0 atom stereocenters. The quantitative estimate of drug-likeness (QED) is 0.448. The molecule has 0 radical (unpaired) electrons. The normalized spacial score (nSPS) is 11.1. The summed E-state index contributed by atoms with van der Waals surface area (Å²) in [4.78, 5) is 17.3. The third-order valence-electron chi connectivity index (χ3n) is 4.29. The fourth-order valence-corrected chi connectivity index (χ4v) is 4.55. The summed E-state index contributed by atoms with van der Waals surface area (Å²) < 4.78 is 12.9. The molecule has 3 heterocycles. The Morgan fingerprint density at radius 3 is 2.69 bits per heavy atom. The number of nitrogens with one attached hydrogen (secondary N) is 1. The number of aryl methyl sites for hydroxylation is 1. The summed E-state index contributed by atoms with van der Waals surface area (Å²) >= 11 is 2.74. The maximum absolute atomic E-state index is 12.6. The molecule has 150 valence electrons. The molecule has 0 saturated heterocycles. The van der Waals surface area contributed by atoms with Gasteiger partial charge in [0.2, 0.25) is 5.13 Å². The molecule has 9 nitrogen and oxygen atoms in total. The number of fused-ring (bicyclic) bond motifs is 1. The van der Waals surface area contributed by atoms with E-state index in [-0.39, 0.29) is 5.56 Å². The van der Waals surface area contributed by atoms with E-state index in [1.165, 1.54) is 33.7 Å². The molecule has 4 rings (SSSR count). The lowest BCUT2D eigenvalue weighted by atomic mass is 10.1. The van der Waals surface area contributed by atoms with Gasteiger partial charge in [0.1, 0.15) is 0 Å². The highest BCUT2D eigenvalue weighted by molar-refractivity contribution is 8.00. The first-order valence-corrected chi connectivity index (χ1v) is 10.4. The van der Waals surface area contributed by atoms with E-state index >= 15 is 0 Å². The van der Waals surface area contributed by atoms with E-state index in [2.05, 4.69) is 15.3 Å². The first kappa shape index (κ1) is 19.3. The van der Waals surface area contributed by atoms with E-state index in [4.69, 9.17) is 20.2 Å². The second-order valence-corrected chi connectivity index (χ2v) is 8.35. The van der Waals surface area contributed by atoms with Crippen molar-refractivity contribution in [3.63, 3.8) is 0 Å². The van der Waals surface area contributed by atoms with Crippen molar-refractivity contribution < 1.29 is 9.47 Å². The van der Waals surface area contributed by atoms with Crippen molar-refractivity contribution in [2.24, 2.45) is 0 Å². The Kier molecular flexibility index (Phi) is 5.16. The van der Waals surface area contributed by atoms with Gasteiger partial charge >= 0.3 is 0 Å². The number of methoxy groups -OCH3 is 2. The van der Waals surface area contributed by atoms with Gasteiger partial charge in [0.25, 0.3) is 5.56 Å². The minimum Gasteiger partial charge on any atom is -0.493 e. The molecule has 1 aromatic carbocycles. The number of hydrogen-bond donors (Lipinski definition) is 2. The van der Waals surface area contributed by atoms with Crippen molar-refractivity contribution in [1.29, 1.82) is 0 Å². The molecule has 11 heteroatoms. The van der Waals surface area contributed by atoms with Crippen molar-refractivity contribution in [1.82, 2.24) is 24.8 Å². The van der Waals surface area contributed by atoms with Crippen LogP contribution in [0.1, 0.15) is 11.4 Å². The van der Waals surface area contributed by atoms with Crippen LogP contribution < -0.4 is 20.8 Å². The van der Waals surface area contributed by atoms with Gasteiger partial charge < -0.3 is 15.2 Å². The van der Waals surface area contributed by atoms with E-state index in [0.717, 1.165) is 21.2 Å². The van der Waals surface area contributed by atoms with E-state index in [1.807, 2.05) is 25.1 Å². The highest BCUT2D eigenvalue weighted by Crippen LogP contribution is 2.35. The molecule has 0 aliphatic carbocycles. The van der Waals surface area contributed by atoms with Crippen LogP contribution in [0.2, 0.25) is 0 Å². The van der Waals surface area contributed by atoms with E-state index < -0.39 is 0 Å². The summed E-state index contributed by atoms with van der Waals surface area (Å²) in [6.07, 6.45) is 0. The predicted octanol–water partition coefficient (Wildman–Crippen LogP) is 2.74. The molecule has 29 heavy (non-hydrogen) atoms. The molecule has 3 N–H and O–H groups in total. The number of aromatic nitrogens is 5. The smallest absolute Gasteiger partial charge is 0.272 e. The molecule has 3 aromatic heterocycles. The second-order valence-electron chi connectivity index (χ2n) is 6.12. The van der Waals surface area contributed by atoms with Crippen molar-refractivity contribution in [2.75, 3.05) is 20.0 Å². The average Bonchev–Trinajstić information content (AvgIpc) is 3.28. The number of nitrogens with zero attached hydrogens (tertiary/aromatic N) is 4. The molecule has 0 saturated carbocycles. The third kappa shape index (κ3) is 3.66. The SMILES string of the molecule is COc1ccc(-c2c(C)[nH]n3c(=O)cc(CSc4nnc(N)s4)nc23)cc1OC. The highest BCUT2D eigenvalue weighted by Gasteiger charge is 2.17. The van der Waals surface area contributed by atoms with E-state index in [0.29, 0.717) is 33.7 Å². The lowest BCUT2D eigenvalue weighted by molar-refractivity contribution is 0.355. The topological polar surface area (TPSA) is 120 Å². The van der Waals surface area contributed by atoms with Crippen molar-refractivity contribution in [2.45, 2.75) is 17.0 Å². The van der Waals surface area contributed by atoms with Gasteiger partial charge in [-0.2, -0.15) is 0 Å². The van der Waals surface area contributed by atoms with Gasteiger partial charge in [-0.25, -0.2) is 9.50 Å². The predicted molar refractivity (Wildman–Crippen MR) is 113 cm³/mol. The summed E-state index contributed by atoms with van der Waals surface area (Å²) in [6, 6.07) is 7.12. The van der Waals surface area contributed by atoms with Crippen LogP contribution in [0.25, 0.3) is 16.8 Å². The van der Waals surface area contributed by atoms with Gasteiger partial charge in [0.15, 0.2) is 21.5 Å². The molecule has 0 aliphatic rings. The Morgan fingerprint density at radius 2 is 2.00 bits per heavy atom. The van der Waals surface area contributed by atoms with Crippen molar-refractivity contribution in [3.8, 4) is 22.6 Å². The van der Waals surface area contributed by atoms with Crippen LogP contribution in [0.3, 0.4) is 0 Å². The van der Waals surface area contributed by atoms with Crippen molar-refractivity contribution >= 4 is 33.9 Å². The lowest BCUT2D eigenvalue weighted by Crippen LogP contribution is -2.15. The molecular weight excluding hydrogens is 412 g/mol. The van der Waals surface area contributed by atoms with Gasteiger partial charge in [0, 0.05) is 23.1 Å². The Morgan fingerprint density at radius 1 is 1.21 bits per heavy atom. The highest BCUT2D eigenvalue weighted by atomic mass is 32.2. The molecule has 0 bridgehead atoms. The second kappa shape index (κ2) is 7.76. The van der Waals surface area contributed by atoms with Crippen LogP contribution >= 0.6 is 23.1 Å². The Balaban J connectivity index is 1.77. The van der Waals surface area contributed by atoms with Crippen LogP contribution in [0, 0.1) is 6.92 Å². The zero-order valence-electron chi connectivity index (χ0n) is 15.9. The number of thioether (sulfide) groups is 1. The maximum Gasteiger partial charge on any atom is 0.272 e. The molecule has 0 unspecified atom stereocenters. The number of nitrogens with two attached hydrogens (primary N) is 1. The van der Waals surface area contributed by atoms with Gasteiger partial charge in [-0.3, -0.25) is 9.89 Å². The molecule has 0 aliphatic heterocycles. The number of benzene rings is 1. The number of rotatable bonds is 6.